The molecule has 0 radical (unpaired) electrons. The summed E-state index contributed by atoms with van der Waals surface area (Å²) >= 11 is 5.48. The predicted molar refractivity (Wildman–Crippen MR) is 51.0 cm³/mol. The van der Waals surface area contributed by atoms with Gasteiger partial charge in [-0.15, -0.1) is 0 Å². The van der Waals surface area contributed by atoms with Crippen LogP contribution in [0, 0.1) is 5.41 Å². The zero-order chi connectivity index (χ0) is 9.19. The fourth-order valence-corrected chi connectivity index (χ4v) is 1.48. The average molecular weight is 183 g/mol. The van der Waals surface area contributed by atoms with E-state index >= 15 is 0 Å². The lowest BCUT2D eigenvalue weighted by Crippen LogP contribution is -2.13. The van der Waals surface area contributed by atoms with Gasteiger partial charge in [0.25, 0.3) is 0 Å². The number of ketones is 1. The van der Waals surface area contributed by atoms with Crippen LogP contribution in [0.15, 0.2) is 35.4 Å². The second kappa shape index (κ2) is 3.28. The Labute approximate surface area is 77.4 Å². The van der Waals surface area contributed by atoms with Crippen LogP contribution in [0.25, 0.3) is 0 Å². The monoisotopic (exact) mass is 182 g/mol. The van der Waals surface area contributed by atoms with Gasteiger partial charge in [0, 0.05) is 11.0 Å². The first-order valence-electron chi connectivity index (χ1n) is 3.78. The van der Waals surface area contributed by atoms with Crippen LogP contribution in [-0.2, 0) is 4.79 Å². The van der Waals surface area contributed by atoms with Crippen molar-refractivity contribution >= 4 is 17.4 Å². The Bertz CT molecular complexity index is 286. The smallest absolute Gasteiger partial charge is 0.180 e. The maximum absolute atomic E-state index is 11.1. The van der Waals surface area contributed by atoms with Gasteiger partial charge in [-0.05, 0) is 25.5 Å². The van der Waals surface area contributed by atoms with Crippen molar-refractivity contribution in [1.82, 2.24) is 0 Å². The van der Waals surface area contributed by atoms with Crippen molar-refractivity contribution in [2.45, 2.75) is 13.8 Å². The predicted octanol–water partition coefficient (Wildman–Crippen LogP) is 2.83. The summed E-state index contributed by atoms with van der Waals surface area (Å²) in [4.78, 5) is 11.1. The normalized spacial score (nSPS) is 29.6. The van der Waals surface area contributed by atoms with Crippen LogP contribution in [0.3, 0.4) is 0 Å². The molecule has 0 N–H and O–H groups in total. The molecular formula is C10H11ClO. The summed E-state index contributed by atoms with van der Waals surface area (Å²) in [6.07, 6.45) is 7.20. The Morgan fingerprint density at radius 2 is 2.25 bits per heavy atom. The number of carbonyl (C=O) groups excluding carboxylic acids is 1. The molecule has 0 saturated heterocycles. The van der Waals surface area contributed by atoms with Crippen LogP contribution in [0.1, 0.15) is 13.8 Å². The van der Waals surface area contributed by atoms with Gasteiger partial charge in [0.05, 0.1) is 0 Å². The van der Waals surface area contributed by atoms with E-state index in [1.807, 2.05) is 32.1 Å². The Kier molecular flexibility index (Phi) is 2.53. The maximum atomic E-state index is 11.1. The van der Waals surface area contributed by atoms with Gasteiger partial charge in [-0.3, -0.25) is 4.79 Å². The molecule has 0 aromatic carbocycles. The van der Waals surface area contributed by atoms with E-state index in [9.17, 15) is 4.79 Å². The first kappa shape index (κ1) is 9.27. The number of halogens is 1. The standard InChI is InChI=1S/C10H11ClO/c1-8-7-10(2,5-6-11)4-3-9(8)12/h3-7H,1-2H3/b6-5+/t10-/m0/s1. The molecule has 12 heavy (non-hydrogen) atoms. The van der Waals surface area contributed by atoms with Gasteiger partial charge >= 0.3 is 0 Å². The van der Waals surface area contributed by atoms with Crippen molar-refractivity contribution < 1.29 is 4.79 Å². The first-order valence-corrected chi connectivity index (χ1v) is 4.22. The van der Waals surface area contributed by atoms with Gasteiger partial charge in [0.15, 0.2) is 5.78 Å². The molecule has 0 spiro atoms. The molecule has 0 unspecified atom stereocenters. The molecule has 1 atom stereocenters. The topological polar surface area (TPSA) is 17.1 Å². The first-order chi connectivity index (χ1) is 5.57. The number of allylic oxidation sites excluding steroid dienone is 5. The second-order valence-electron chi connectivity index (χ2n) is 3.18. The van der Waals surface area contributed by atoms with E-state index in [-0.39, 0.29) is 11.2 Å². The summed E-state index contributed by atoms with van der Waals surface area (Å²) in [5.74, 6) is 0.0791. The zero-order valence-electron chi connectivity index (χ0n) is 7.17. The molecular weight excluding hydrogens is 172 g/mol. The summed E-state index contributed by atoms with van der Waals surface area (Å²) in [6, 6.07) is 0. The van der Waals surface area contributed by atoms with Gasteiger partial charge in [0.2, 0.25) is 0 Å². The third-order valence-corrected chi connectivity index (χ3v) is 2.06. The molecule has 64 valence electrons. The lowest BCUT2D eigenvalue weighted by Gasteiger charge is -2.20. The summed E-state index contributed by atoms with van der Waals surface area (Å²) < 4.78 is 0. The fraction of sp³-hybridized carbons (Fsp3) is 0.300. The van der Waals surface area contributed by atoms with Crippen molar-refractivity contribution in [3.8, 4) is 0 Å². The van der Waals surface area contributed by atoms with Crippen LogP contribution < -0.4 is 0 Å². The lowest BCUT2D eigenvalue weighted by molar-refractivity contribution is -0.111. The molecule has 0 fully saturated rings. The van der Waals surface area contributed by atoms with Crippen molar-refractivity contribution in [3.05, 3.63) is 35.4 Å². The number of hydrogen-bond acceptors (Lipinski definition) is 1. The fourth-order valence-electron chi connectivity index (χ4n) is 1.21. The van der Waals surface area contributed by atoms with E-state index < -0.39 is 0 Å². The molecule has 1 rings (SSSR count). The molecule has 0 amide bonds. The van der Waals surface area contributed by atoms with Crippen molar-refractivity contribution in [2.75, 3.05) is 0 Å². The van der Waals surface area contributed by atoms with Gasteiger partial charge in [-0.2, -0.15) is 0 Å². The van der Waals surface area contributed by atoms with Crippen LogP contribution in [-0.4, -0.2) is 5.78 Å². The van der Waals surface area contributed by atoms with Crippen molar-refractivity contribution in [2.24, 2.45) is 5.41 Å². The average Bonchev–Trinajstić information content (AvgIpc) is 1.98. The van der Waals surface area contributed by atoms with Crippen molar-refractivity contribution in [3.63, 3.8) is 0 Å². The minimum absolute atomic E-state index is 0.0791. The van der Waals surface area contributed by atoms with Crippen LogP contribution in [0.5, 0.6) is 0 Å². The SMILES string of the molecule is CC1=C[C@](C)(/C=C/Cl)C=CC1=O. The van der Waals surface area contributed by atoms with E-state index in [0.29, 0.717) is 0 Å². The van der Waals surface area contributed by atoms with Crippen LogP contribution >= 0.6 is 11.6 Å². The van der Waals surface area contributed by atoms with E-state index in [0.717, 1.165) is 5.57 Å². The number of rotatable bonds is 1. The van der Waals surface area contributed by atoms with Gasteiger partial charge in [-0.1, -0.05) is 29.8 Å². The third kappa shape index (κ3) is 1.86. The highest BCUT2D eigenvalue weighted by molar-refractivity contribution is 6.25. The summed E-state index contributed by atoms with van der Waals surface area (Å²) in [5, 5.41) is 0. The van der Waals surface area contributed by atoms with Crippen LogP contribution in [0.4, 0.5) is 0 Å². The number of hydrogen-bond donors (Lipinski definition) is 0. The summed E-state index contributed by atoms with van der Waals surface area (Å²) in [5.41, 5.74) is 2.05. The molecule has 0 heterocycles. The van der Waals surface area contributed by atoms with Crippen LogP contribution in [0.2, 0.25) is 0 Å². The lowest BCUT2D eigenvalue weighted by atomic mass is 9.83. The Hall–Kier alpha value is -0.820. The molecule has 1 aliphatic carbocycles. The highest BCUT2D eigenvalue weighted by Gasteiger charge is 2.19. The van der Waals surface area contributed by atoms with E-state index in [2.05, 4.69) is 0 Å². The van der Waals surface area contributed by atoms with Gasteiger partial charge < -0.3 is 0 Å². The third-order valence-electron chi connectivity index (χ3n) is 1.93. The molecule has 2 heteroatoms. The molecule has 1 nitrogen and oxygen atoms in total. The largest absolute Gasteiger partial charge is 0.290 e. The van der Waals surface area contributed by atoms with Gasteiger partial charge in [-0.25, -0.2) is 0 Å². The Balaban J connectivity index is 2.98. The number of carbonyl (C=O) groups is 1. The molecule has 0 aliphatic heterocycles. The Morgan fingerprint density at radius 1 is 1.58 bits per heavy atom. The maximum Gasteiger partial charge on any atom is 0.180 e. The molecule has 0 aromatic rings. The highest BCUT2D eigenvalue weighted by Crippen LogP contribution is 2.28. The van der Waals surface area contributed by atoms with Crippen molar-refractivity contribution in [1.29, 1.82) is 0 Å². The zero-order valence-corrected chi connectivity index (χ0v) is 7.93. The minimum Gasteiger partial charge on any atom is -0.290 e. The quantitative estimate of drug-likeness (QED) is 0.610. The second-order valence-corrected chi connectivity index (χ2v) is 3.44. The molecule has 0 aromatic heterocycles. The molecule has 0 saturated carbocycles. The Morgan fingerprint density at radius 3 is 2.75 bits per heavy atom. The minimum atomic E-state index is -0.195. The van der Waals surface area contributed by atoms with E-state index in [1.165, 1.54) is 5.54 Å². The van der Waals surface area contributed by atoms with E-state index in [1.54, 1.807) is 6.08 Å². The highest BCUT2D eigenvalue weighted by atomic mass is 35.5. The van der Waals surface area contributed by atoms with Gasteiger partial charge in [0.1, 0.15) is 0 Å². The summed E-state index contributed by atoms with van der Waals surface area (Å²) in [6.45, 7) is 3.81. The summed E-state index contributed by atoms with van der Waals surface area (Å²) in [7, 11) is 0. The molecule has 0 bridgehead atoms. The van der Waals surface area contributed by atoms with E-state index in [4.69, 9.17) is 11.6 Å². The molecule has 1 aliphatic rings.